The molecular formula is C7H12N2O. The first-order valence-corrected chi connectivity index (χ1v) is 3.45. The third-order valence-corrected chi connectivity index (χ3v) is 1.36. The SMILES string of the molecule is N=C/C=C1/COCCCN1. The Hall–Kier alpha value is -0.830. The monoisotopic (exact) mass is 140 g/mol. The van der Waals surface area contributed by atoms with E-state index in [2.05, 4.69) is 5.32 Å². The first-order valence-electron chi connectivity index (χ1n) is 3.45. The Morgan fingerprint density at radius 3 is 3.30 bits per heavy atom. The van der Waals surface area contributed by atoms with Gasteiger partial charge in [0.15, 0.2) is 0 Å². The second-order valence-electron chi connectivity index (χ2n) is 2.19. The zero-order chi connectivity index (χ0) is 7.23. The van der Waals surface area contributed by atoms with Gasteiger partial charge in [0.25, 0.3) is 0 Å². The molecule has 2 N–H and O–H groups in total. The summed E-state index contributed by atoms with van der Waals surface area (Å²) in [4.78, 5) is 0. The van der Waals surface area contributed by atoms with E-state index in [1.807, 2.05) is 0 Å². The van der Waals surface area contributed by atoms with Crippen LogP contribution in [-0.2, 0) is 4.74 Å². The van der Waals surface area contributed by atoms with E-state index < -0.39 is 0 Å². The van der Waals surface area contributed by atoms with Crippen LogP contribution in [-0.4, -0.2) is 26.0 Å². The Bertz CT molecular complexity index is 133. The molecule has 1 heterocycles. The normalized spacial score (nSPS) is 23.4. The second-order valence-corrected chi connectivity index (χ2v) is 2.19. The van der Waals surface area contributed by atoms with Gasteiger partial charge in [-0.25, -0.2) is 0 Å². The van der Waals surface area contributed by atoms with E-state index in [-0.39, 0.29) is 0 Å². The number of hydrogen-bond donors (Lipinski definition) is 2. The Balaban J connectivity index is 2.42. The minimum atomic E-state index is 0.620. The van der Waals surface area contributed by atoms with E-state index in [4.69, 9.17) is 10.1 Å². The van der Waals surface area contributed by atoms with Crippen molar-refractivity contribution in [3.8, 4) is 0 Å². The number of hydrogen-bond acceptors (Lipinski definition) is 3. The van der Waals surface area contributed by atoms with Crippen molar-refractivity contribution in [2.24, 2.45) is 0 Å². The van der Waals surface area contributed by atoms with Crippen LogP contribution in [0.1, 0.15) is 6.42 Å². The lowest BCUT2D eigenvalue weighted by atomic mass is 10.4. The van der Waals surface area contributed by atoms with Gasteiger partial charge in [-0.3, -0.25) is 0 Å². The van der Waals surface area contributed by atoms with Gasteiger partial charge in [-0.15, -0.1) is 0 Å². The third-order valence-electron chi connectivity index (χ3n) is 1.36. The predicted octanol–water partition coefficient (Wildman–Crippen LogP) is 0.530. The number of allylic oxidation sites excluding steroid dienone is 1. The molecule has 0 spiro atoms. The molecule has 0 aromatic rings. The molecule has 0 unspecified atom stereocenters. The summed E-state index contributed by atoms with van der Waals surface area (Å²) >= 11 is 0. The fraction of sp³-hybridized carbons (Fsp3) is 0.571. The van der Waals surface area contributed by atoms with E-state index in [9.17, 15) is 0 Å². The molecular weight excluding hydrogens is 128 g/mol. The molecule has 1 rings (SSSR count). The van der Waals surface area contributed by atoms with Crippen LogP contribution >= 0.6 is 0 Å². The number of rotatable bonds is 1. The Labute approximate surface area is 60.6 Å². The Kier molecular flexibility index (Phi) is 2.96. The van der Waals surface area contributed by atoms with Crippen molar-refractivity contribution in [1.29, 1.82) is 5.41 Å². The summed E-state index contributed by atoms with van der Waals surface area (Å²) in [6, 6.07) is 0. The molecule has 1 aliphatic rings. The molecule has 1 aliphatic heterocycles. The van der Waals surface area contributed by atoms with Gasteiger partial charge in [0.05, 0.1) is 6.61 Å². The van der Waals surface area contributed by atoms with Crippen LogP contribution in [0.2, 0.25) is 0 Å². The molecule has 0 atom stereocenters. The maximum atomic E-state index is 6.81. The average Bonchev–Trinajstić information content (AvgIpc) is 2.17. The molecule has 0 amide bonds. The van der Waals surface area contributed by atoms with Crippen molar-refractivity contribution in [2.45, 2.75) is 6.42 Å². The molecule has 1 saturated heterocycles. The first-order chi connectivity index (χ1) is 4.93. The molecule has 10 heavy (non-hydrogen) atoms. The van der Waals surface area contributed by atoms with Gasteiger partial charge in [-0.05, 0) is 12.5 Å². The summed E-state index contributed by atoms with van der Waals surface area (Å²) in [5, 5.41) is 9.98. The Morgan fingerprint density at radius 2 is 2.50 bits per heavy atom. The van der Waals surface area contributed by atoms with Gasteiger partial charge in [0, 0.05) is 25.1 Å². The smallest absolute Gasteiger partial charge is 0.0862 e. The van der Waals surface area contributed by atoms with Crippen molar-refractivity contribution in [3.05, 3.63) is 11.8 Å². The van der Waals surface area contributed by atoms with Gasteiger partial charge in [-0.2, -0.15) is 0 Å². The fourth-order valence-electron chi connectivity index (χ4n) is 0.864. The largest absolute Gasteiger partial charge is 0.386 e. The summed E-state index contributed by atoms with van der Waals surface area (Å²) in [5.74, 6) is 0. The standard InChI is InChI=1S/C7H12N2O/c8-3-2-7-6-10-5-1-4-9-7/h2-3,8-9H,1,4-6H2/b7-2-,8-3?. The second kappa shape index (κ2) is 4.06. The number of nitrogens with one attached hydrogen (secondary N) is 2. The molecule has 0 radical (unpaired) electrons. The fourth-order valence-corrected chi connectivity index (χ4v) is 0.864. The molecule has 56 valence electrons. The van der Waals surface area contributed by atoms with Crippen molar-refractivity contribution in [2.75, 3.05) is 19.8 Å². The molecule has 0 aromatic heterocycles. The summed E-state index contributed by atoms with van der Waals surface area (Å²) in [5.41, 5.74) is 1.01. The van der Waals surface area contributed by atoms with Crippen LogP contribution in [0.25, 0.3) is 0 Å². The van der Waals surface area contributed by atoms with E-state index in [1.54, 1.807) is 6.08 Å². The van der Waals surface area contributed by atoms with Crippen molar-refractivity contribution < 1.29 is 4.74 Å². The van der Waals surface area contributed by atoms with Crippen LogP contribution in [0.15, 0.2) is 11.8 Å². The highest BCUT2D eigenvalue weighted by molar-refractivity contribution is 5.68. The molecule has 3 nitrogen and oxygen atoms in total. The van der Waals surface area contributed by atoms with E-state index in [0.717, 1.165) is 25.3 Å². The summed E-state index contributed by atoms with van der Waals surface area (Å²) < 4.78 is 5.23. The molecule has 0 aromatic carbocycles. The van der Waals surface area contributed by atoms with Gasteiger partial charge >= 0.3 is 0 Å². The zero-order valence-corrected chi connectivity index (χ0v) is 5.89. The number of ether oxygens (including phenoxy) is 1. The molecule has 0 saturated carbocycles. The third kappa shape index (κ3) is 2.19. The van der Waals surface area contributed by atoms with Gasteiger partial charge in [0.2, 0.25) is 0 Å². The van der Waals surface area contributed by atoms with Crippen molar-refractivity contribution in [1.82, 2.24) is 5.32 Å². The van der Waals surface area contributed by atoms with Crippen molar-refractivity contribution in [3.63, 3.8) is 0 Å². The Morgan fingerprint density at radius 1 is 1.60 bits per heavy atom. The van der Waals surface area contributed by atoms with Crippen LogP contribution in [0.3, 0.4) is 0 Å². The lowest BCUT2D eigenvalue weighted by Crippen LogP contribution is -2.14. The molecule has 0 bridgehead atoms. The lowest BCUT2D eigenvalue weighted by Gasteiger charge is -2.02. The predicted molar refractivity (Wildman–Crippen MR) is 40.3 cm³/mol. The highest BCUT2D eigenvalue weighted by Crippen LogP contribution is 1.96. The van der Waals surface area contributed by atoms with E-state index in [1.165, 1.54) is 6.21 Å². The lowest BCUT2D eigenvalue weighted by molar-refractivity contribution is 0.164. The zero-order valence-electron chi connectivity index (χ0n) is 5.89. The van der Waals surface area contributed by atoms with Gasteiger partial charge in [-0.1, -0.05) is 0 Å². The van der Waals surface area contributed by atoms with Crippen LogP contribution in [0.4, 0.5) is 0 Å². The van der Waals surface area contributed by atoms with Gasteiger partial charge in [0.1, 0.15) is 0 Å². The average molecular weight is 140 g/mol. The quantitative estimate of drug-likeness (QED) is 0.522. The van der Waals surface area contributed by atoms with Crippen molar-refractivity contribution >= 4 is 6.21 Å². The first kappa shape index (κ1) is 7.28. The van der Waals surface area contributed by atoms with E-state index >= 15 is 0 Å². The molecule has 1 fully saturated rings. The van der Waals surface area contributed by atoms with Gasteiger partial charge < -0.3 is 15.5 Å². The summed E-state index contributed by atoms with van der Waals surface area (Å²) in [6.07, 6.45) is 4.05. The highest BCUT2D eigenvalue weighted by Gasteiger charge is 2.00. The molecule has 0 aliphatic carbocycles. The summed E-state index contributed by atoms with van der Waals surface area (Å²) in [7, 11) is 0. The molecule has 3 heteroatoms. The van der Waals surface area contributed by atoms with E-state index in [0.29, 0.717) is 6.61 Å². The summed E-state index contributed by atoms with van der Waals surface area (Å²) in [6.45, 7) is 2.40. The van der Waals surface area contributed by atoms with Crippen LogP contribution in [0.5, 0.6) is 0 Å². The minimum Gasteiger partial charge on any atom is -0.386 e. The topological polar surface area (TPSA) is 45.1 Å². The minimum absolute atomic E-state index is 0.620. The van der Waals surface area contributed by atoms with Crippen LogP contribution in [0, 0.1) is 5.41 Å². The van der Waals surface area contributed by atoms with Crippen LogP contribution < -0.4 is 5.32 Å². The highest BCUT2D eigenvalue weighted by atomic mass is 16.5. The maximum absolute atomic E-state index is 6.81. The maximum Gasteiger partial charge on any atom is 0.0862 e.